The summed E-state index contributed by atoms with van der Waals surface area (Å²) < 4.78 is 1.50. The number of benzene rings is 1. The first kappa shape index (κ1) is 14.2. The number of aromatic nitrogens is 3. The molecule has 1 N–H and O–H groups in total. The number of aromatic amines is 1. The van der Waals surface area contributed by atoms with E-state index in [9.17, 15) is 4.79 Å². The molecule has 0 saturated carbocycles. The topological polar surface area (TPSA) is 53.4 Å². The van der Waals surface area contributed by atoms with Gasteiger partial charge in [0, 0.05) is 37.5 Å². The molecule has 0 aliphatic carbocycles. The highest BCUT2D eigenvalue weighted by atomic mass is 16.1. The fourth-order valence-corrected chi connectivity index (χ4v) is 3.34. The first-order valence-corrected chi connectivity index (χ1v) is 8.06. The van der Waals surface area contributed by atoms with Gasteiger partial charge in [-0.15, -0.1) is 0 Å². The van der Waals surface area contributed by atoms with Crippen LogP contribution in [0.3, 0.4) is 0 Å². The smallest absolute Gasteiger partial charge is 0.272 e. The van der Waals surface area contributed by atoms with Gasteiger partial charge in [0.2, 0.25) is 0 Å². The number of rotatable bonds is 2. The van der Waals surface area contributed by atoms with E-state index >= 15 is 0 Å². The Kier molecular flexibility index (Phi) is 3.50. The third-order valence-electron chi connectivity index (χ3n) is 4.53. The second-order valence-electron chi connectivity index (χ2n) is 6.26. The number of hydrogen-bond acceptors (Lipinski definition) is 3. The lowest BCUT2D eigenvalue weighted by atomic mass is 10.0. The van der Waals surface area contributed by atoms with E-state index in [4.69, 9.17) is 0 Å². The van der Waals surface area contributed by atoms with E-state index in [2.05, 4.69) is 39.2 Å². The standard InChI is InChI=1S/C18H20N4O/c1-13-10-17-19-16(11-18(23)22(17)20-13)12-21-8-6-14-4-2-3-5-15(14)7-9-21/h2-5,10-11,20H,6-9,12H2,1H3. The minimum atomic E-state index is -0.0452. The van der Waals surface area contributed by atoms with E-state index < -0.39 is 0 Å². The van der Waals surface area contributed by atoms with Gasteiger partial charge in [-0.2, -0.15) is 0 Å². The Morgan fingerprint density at radius 2 is 1.83 bits per heavy atom. The highest BCUT2D eigenvalue weighted by Gasteiger charge is 2.15. The normalized spacial score (nSPS) is 15.5. The van der Waals surface area contributed by atoms with Crippen LogP contribution < -0.4 is 5.56 Å². The Balaban J connectivity index is 1.56. The van der Waals surface area contributed by atoms with Crippen molar-refractivity contribution in [3.05, 3.63) is 69.3 Å². The maximum absolute atomic E-state index is 12.2. The molecule has 3 heterocycles. The van der Waals surface area contributed by atoms with Gasteiger partial charge in [0.25, 0.3) is 5.56 Å². The van der Waals surface area contributed by atoms with Gasteiger partial charge in [-0.1, -0.05) is 24.3 Å². The summed E-state index contributed by atoms with van der Waals surface area (Å²) in [4.78, 5) is 19.2. The molecule has 0 atom stereocenters. The second kappa shape index (κ2) is 5.66. The van der Waals surface area contributed by atoms with Gasteiger partial charge in [-0.3, -0.25) is 14.8 Å². The van der Waals surface area contributed by atoms with Crippen molar-refractivity contribution in [2.24, 2.45) is 0 Å². The molecule has 23 heavy (non-hydrogen) atoms. The van der Waals surface area contributed by atoms with Crippen molar-refractivity contribution in [1.29, 1.82) is 0 Å². The molecule has 118 valence electrons. The van der Waals surface area contributed by atoms with Crippen LogP contribution in [0.4, 0.5) is 0 Å². The second-order valence-corrected chi connectivity index (χ2v) is 6.26. The molecular weight excluding hydrogens is 288 g/mol. The van der Waals surface area contributed by atoms with Gasteiger partial charge in [0.1, 0.15) is 0 Å². The Hall–Kier alpha value is -2.40. The van der Waals surface area contributed by atoms with Gasteiger partial charge in [0.05, 0.1) is 5.69 Å². The largest absolute Gasteiger partial charge is 0.297 e. The number of H-pyrrole nitrogens is 1. The quantitative estimate of drug-likeness (QED) is 0.787. The van der Waals surface area contributed by atoms with Gasteiger partial charge < -0.3 is 0 Å². The SMILES string of the molecule is Cc1cc2nc(CN3CCc4ccccc4CC3)cc(=O)n2[nH]1. The van der Waals surface area contributed by atoms with Crippen molar-refractivity contribution in [2.45, 2.75) is 26.3 Å². The summed E-state index contributed by atoms with van der Waals surface area (Å²) in [6.45, 7) is 4.66. The minimum absolute atomic E-state index is 0.0452. The zero-order valence-electron chi connectivity index (χ0n) is 13.2. The van der Waals surface area contributed by atoms with Crippen LogP contribution >= 0.6 is 0 Å². The molecule has 1 aliphatic rings. The predicted molar refractivity (Wildman–Crippen MR) is 89.7 cm³/mol. The Morgan fingerprint density at radius 1 is 1.13 bits per heavy atom. The van der Waals surface area contributed by atoms with Crippen LogP contribution in [0.15, 0.2) is 41.2 Å². The molecule has 4 rings (SSSR count). The Morgan fingerprint density at radius 3 is 2.52 bits per heavy atom. The molecule has 0 saturated heterocycles. The van der Waals surface area contributed by atoms with Gasteiger partial charge in [0.15, 0.2) is 5.65 Å². The van der Waals surface area contributed by atoms with E-state index in [-0.39, 0.29) is 5.56 Å². The fraction of sp³-hybridized carbons (Fsp3) is 0.333. The summed E-state index contributed by atoms with van der Waals surface area (Å²) >= 11 is 0. The lowest BCUT2D eigenvalue weighted by Gasteiger charge is -2.19. The average molecular weight is 308 g/mol. The van der Waals surface area contributed by atoms with Gasteiger partial charge in [-0.25, -0.2) is 9.50 Å². The summed E-state index contributed by atoms with van der Waals surface area (Å²) in [5.41, 5.74) is 5.33. The third kappa shape index (κ3) is 2.80. The van der Waals surface area contributed by atoms with Crippen molar-refractivity contribution < 1.29 is 0 Å². The van der Waals surface area contributed by atoms with Crippen LogP contribution in [0.5, 0.6) is 0 Å². The van der Waals surface area contributed by atoms with Crippen LogP contribution in [0, 0.1) is 6.92 Å². The molecule has 1 aromatic carbocycles. The molecule has 0 fully saturated rings. The van der Waals surface area contributed by atoms with Crippen molar-refractivity contribution >= 4 is 5.65 Å². The first-order valence-electron chi connectivity index (χ1n) is 8.06. The predicted octanol–water partition coefficient (Wildman–Crippen LogP) is 1.93. The third-order valence-corrected chi connectivity index (χ3v) is 4.53. The van der Waals surface area contributed by atoms with E-state index in [0.29, 0.717) is 5.65 Å². The lowest BCUT2D eigenvalue weighted by molar-refractivity contribution is 0.276. The first-order chi connectivity index (χ1) is 11.2. The van der Waals surface area contributed by atoms with E-state index in [1.165, 1.54) is 15.6 Å². The molecule has 0 bridgehead atoms. The Labute approximate surface area is 134 Å². The molecule has 0 unspecified atom stereocenters. The average Bonchev–Trinajstić information content (AvgIpc) is 2.79. The van der Waals surface area contributed by atoms with Crippen LogP contribution in [-0.2, 0) is 19.4 Å². The van der Waals surface area contributed by atoms with Crippen molar-refractivity contribution in [3.8, 4) is 0 Å². The lowest BCUT2D eigenvalue weighted by Crippen LogP contribution is -2.27. The number of nitrogens with zero attached hydrogens (tertiary/aromatic N) is 3. The fourth-order valence-electron chi connectivity index (χ4n) is 3.34. The summed E-state index contributed by atoms with van der Waals surface area (Å²) in [6, 6.07) is 12.2. The van der Waals surface area contributed by atoms with Crippen LogP contribution in [-0.4, -0.2) is 32.6 Å². The van der Waals surface area contributed by atoms with E-state index in [0.717, 1.165) is 43.9 Å². The molecule has 0 amide bonds. The molecular formula is C18H20N4O. The Bertz CT molecular complexity index is 882. The number of aryl methyl sites for hydroxylation is 1. The summed E-state index contributed by atoms with van der Waals surface area (Å²) in [5.74, 6) is 0. The number of hydrogen-bond donors (Lipinski definition) is 1. The summed E-state index contributed by atoms with van der Waals surface area (Å²) in [6.07, 6.45) is 2.11. The van der Waals surface area contributed by atoms with Gasteiger partial charge >= 0.3 is 0 Å². The van der Waals surface area contributed by atoms with E-state index in [1.54, 1.807) is 6.07 Å². The monoisotopic (exact) mass is 308 g/mol. The van der Waals surface area contributed by atoms with Crippen LogP contribution in [0.1, 0.15) is 22.5 Å². The molecule has 0 radical (unpaired) electrons. The van der Waals surface area contributed by atoms with Crippen molar-refractivity contribution in [2.75, 3.05) is 13.1 Å². The van der Waals surface area contributed by atoms with Gasteiger partial charge in [-0.05, 0) is 30.9 Å². The molecule has 0 spiro atoms. The van der Waals surface area contributed by atoms with Crippen molar-refractivity contribution in [3.63, 3.8) is 0 Å². The molecule has 5 nitrogen and oxygen atoms in total. The summed E-state index contributed by atoms with van der Waals surface area (Å²) in [7, 11) is 0. The molecule has 5 heteroatoms. The number of nitrogens with one attached hydrogen (secondary N) is 1. The highest BCUT2D eigenvalue weighted by Crippen LogP contribution is 2.16. The highest BCUT2D eigenvalue weighted by molar-refractivity contribution is 5.39. The molecule has 3 aromatic rings. The maximum Gasteiger partial charge on any atom is 0.272 e. The van der Waals surface area contributed by atoms with Crippen LogP contribution in [0.25, 0.3) is 5.65 Å². The molecule has 2 aromatic heterocycles. The number of fused-ring (bicyclic) bond motifs is 2. The zero-order chi connectivity index (χ0) is 15.8. The van der Waals surface area contributed by atoms with Crippen molar-refractivity contribution in [1.82, 2.24) is 19.5 Å². The maximum atomic E-state index is 12.2. The van der Waals surface area contributed by atoms with Crippen LogP contribution in [0.2, 0.25) is 0 Å². The summed E-state index contributed by atoms with van der Waals surface area (Å²) in [5, 5.41) is 3.01. The minimum Gasteiger partial charge on any atom is -0.297 e. The van der Waals surface area contributed by atoms with E-state index in [1.807, 2.05) is 13.0 Å². The molecule has 1 aliphatic heterocycles. The zero-order valence-corrected chi connectivity index (χ0v) is 13.2.